The van der Waals surface area contributed by atoms with Crippen LogP contribution in [-0.4, -0.2) is 27.4 Å². The van der Waals surface area contributed by atoms with Gasteiger partial charge in [-0.05, 0) is 36.8 Å². The predicted molar refractivity (Wildman–Crippen MR) is 118 cm³/mol. The summed E-state index contributed by atoms with van der Waals surface area (Å²) in [7, 11) is 0. The van der Waals surface area contributed by atoms with Crippen molar-refractivity contribution in [2.75, 3.05) is 16.8 Å². The third-order valence-electron chi connectivity index (χ3n) is 5.10. The van der Waals surface area contributed by atoms with Gasteiger partial charge in [0, 0.05) is 18.4 Å². The molecular formula is C23H35N5O. The van der Waals surface area contributed by atoms with Gasteiger partial charge in [-0.2, -0.15) is 0 Å². The van der Waals surface area contributed by atoms with Crippen LogP contribution in [0.1, 0.15) is 77.2 Å². The normalized spacial score (nSPS) is 14.7. The topological polar surface area (TPSA) is 73.9 Å². The molecule has 0 bridgehead atoms. The molecule has 2 N–H and O–H groups in total. The Kier molecular flexibility index (Phi) is 5.74. The molecule has 1 aliphatic rings. The van der Waals surface area contributed by atoms with Crippen LogP contribution < -0.4 is 10.2 Å². The number of carbonyl (C=O) groups excluding carboxylic acids is 1. The highest BCUT2D eigenvalue weighted by atomic mass is 16.1. The van der Waals surface area contributed by atoms with Gasteiger partial charge in [0.2, 0.25) is 5.91 Å². The Morgan fingerprint density at radius 1 is 1.24 bits per heavy atom. The molecule has 2 aromatic heterocycles. The number of H-pyrrole nitrogens is 1. The number of pyridine rings is 1. The Morgan fingerprint density at radius 2 is 1.97 bits per heavy atom. The fourth-order valence-corrected chi connectivity index (χ4v) is 3.63. The second-order valence-electron chi connectivity index (χ2n) is 10.4. The molecule has 6 nitrogen and oxygen atoms in total. The molecule has 0 saturated heterocycles. The minimum absolute atomic E-state index is 0.0103. The zero-order valence-electron chi connectivity index (χ0n) is 18.9. The Bertz CT molecular complexity index is 886. The number of nitrogens with one attached hydrogen (secondary N) is 2. The Balaban J connectivity index is 1.78. The molecule has 29 heavy (non-hydrogen) atoms. The van der Waals surface area contributed by atoms with E-state index in [0.29, 0.717) is 12.2 Å². The van der Waals surface area contributed by atoms with Gasteiger partial charge in [0.05, 0.1) is 29.8 Å². The van der Waals surface area contributed by atoms with Crippen molar-refractivity contribution in [3.8, 4) is 0 Å². The summed E-state index contributed by atoms with van der Waals surface area (Å²) < 4.78 is 0. The summed E-state index contributed by atoms with van der Waals surface area (Å²) in [4.78, 5) is 27.6. The lowest BCUT2D eigenvalue weighted by Crippen LogP contribution is -2.30. The molecule has 3 heterocycles. The zero-order valence-corrected chi connectivity index (χ0v) is 18.9. The number of amides is 1. The quantitative estimate of drug-likeness (QED) is 0.782. The van der Waals surface area contributed by atoms with Gasteiger partial charge in [-0.1, -0.05) is 41.5 Å². The van der Waals surface area contributed by atoms with Crippen molar-refractivity contribution < 1.29 is 4.79 Å². The standard InChI is InChI=1S/C23H35N5O/c1-15-11-18-17(26-20(15)27-19(29)12-22(2,3)4)9-8-10-28(18)14-16-13-24-21(25-16)23(5,6)7/h11,13H,8-10,12,14H2,1-7H3,(H,24,25)(H,26,27,29). The lowest BCUT2D eigenvalue weighted by atomic mass is 9.92. The van der Waals surface area contributed by atoms with E-state index in [9.17, 15) is 4.79 Å². The highest BCUT2D eigenvalue weighted by Gasteiger charge is 2.23. The van der Waals surface area contributed by atoms with Crippen LogP contribution in [-0.2, 0) is 23.2 Å². The molecule has 0 atom stereocenters. The minimum atomic E-state index is -0.0427. The second-order valence-corrected chi connectivity index (χ2v) is 10.4. The molecule has 0 aliphatic carbocycles. The van der Waals surface area contributed by atoms with Gasteiger partial charge in [-0.3, -0.25) is 4.79 Å². The van der Waals surface area contributed by atoms with Crippen LogP contribution in [0.25, 0.3) is 0 Å². The Morgan fingerprint density at radius 3 is 2.59 bits per heavy atom. The summed E-state index contributed by atoms with van der Waals surface area (Å²) in [5.74, 6) is 1.72. The van der Waals surface area contributed by atoms with Gasteiger partial charge in [0.15, 0.2) is 0 Å². The van der Waals surface area contributed by atoms with E-state index in [1.165, 1.54) is 0 Å². The van der Waals surface area contributed by atoms with E-state index in [-0.39, 0.29) is 16.7 Å². The average molecular weight is 398 g/mol. The fourth-order valence-electron chi connectivity index (χ4n) is 3.63. The number of hydrogen-bond donors (Lipinski definition) is 2. The van der Waals surface area contributed by atoms with Crippen molar-refractivity contribution >= 4 is 17.4 Å². The molecule has 0 radical (unpaired) electrons. The van der Waals surface area contributed by atoms with E-state index in [1.54, 1.807) is 0 Å². The first kappa shape index (κ1) is 21.3. The van der Waals surface area contributed by atoms with Crippen LogP contribution in [0.4, 0.5) is 11.5 Å². The molecule has 0 unspecified atom stereocenters. The number of aryl methyl sites for hydroxylation is 2. The van der Waals surface area contributed by atoms with Crippen molar-refractivity contribution in [1.29, 1.82) is 0 Å². The van der Waals surface area contributed by atoms with Crippen molar-refractivity contribution in [1.82, 2.24) is 15.0 Å². The van der Waals surface area contributed by atoms with Crippen LogP contribution in [0, 0.1) is 12.3 Å². The van der Waals surface area contributed by atoms with E-state index in [4.69, 9.17) is 4.98 Å². The molecule has 6 heteroatoms. The summed E-state index contributed by atoms with van der Waals surface area (Å²) in [6, 6.07) is 2.16. The number of imidazole rings is 1. The van der Waals surface area contributed by atoms with Crippen LogP contribution in [0.15, 0.2) is 12.3 Å². The van der Waals surface area contributed by atoms with Gasteiger partial charge < -0.3 is 15.2 Å². The first-order chi connectivity index (χ1) is 13.4. The second kappa shape index (κ2) is 7.81. The maximum Gasteiger partial charge on any atom is 0.226 e. The summed E-state index contributed by atoms with van der Waals surface area (Å²) in [5.41, 5.74) is 4.30. The third kappa shape index (κ3) is 5.37. The number of aromatic nitrogens is 3. The SMILES string of the molecule is Cc1cc2c(nc1NC(=O)CC(C)(C)C)CCCN2Cc1cnc(C(C)(C)C)[nH]1. The molecule has 3 rings (SSSR count). The monoisotopic (exact) mass is 397 g/mol. The van der Waals surface area contributed by atoms with Crippen LogP contribution in [0.2, 0.25) is 0 Å². The van der Waals surface area contributed by atoms with E-state index in [2.05, 4.69) is 67.8 Å². The number of hydrogen-bond acceptors (Lipinski definition) is 4. The van der Waals surface area contributed by atoms with E-state index in [1.807, 2.05) is 13.1 Å². The molecule has 158 valence electrons. The van der Waals surface area contributed by atoms with E-state index < -0.39 is 0 Å². The lowest BCUT2D eigenvalue weighted by molar-refractivity contribution is -0.117. The highest BCUT2D eigenvalue weighted by molar-refractivity contribution is 5.91. The largest absolute Gasteiger partial charge is 0.364 e. The fraction of sp³-hybridized carbons (Fsp3) is 0.609. The summed E-state index contributed by atoms with van der Waals surface area (Å²) in [6.45, 7) is 16.5. The molecule has 0 fully saturated rings. The van der Waals surface area contributed by atoms with Crippen molar-refractivity contribution in [3.05, 3.63) is 35.0 Å². The van der Waals surface area contributed by atoms with Crippen LogP contribution in [0.3, 0.4) is 0 Å². The summed E-state index contributed by atoms with van der Waals surface area (Å²) in [6.07, 6.45) is 4.41. The number of aromatic amines is 1. The first-order valence-electron chi connectivity index (χ1n) is 10.5. The van der Waals surface area contributed by atoms with Gasteiger partial charge in [0.25, 0.3) is 0 Å². The molecule has 1 aliphatic heterocycles. The molecular weight excluding hydrogens is 362 g/mol. The lowest BCUT2D eigenvalue weighted by Gasteiger charge is -2.31. The van der Waals surface area contributed by atoms with Crippen LogP contribution in [0.5, 0.6) is 0 Å². The first-order valence-corrected chi connectivity index (χ1v) is 10.5. The minimum Gasteiger partial charge on any atom is -0.364 e. The van der Waals surface area contributed by atoms with Gasteiger partial charge in [-0.25, -0.2) is 9.97 Å². The van der Waals surface area contributed by atoms with Crippen molar-refractivity contribution in [2.45, 2.75) is 79.7 Å². The maximum atomic E-state index is 12.4. The molecule has 0 spiro atoms. The highest BCUT2D eigenvalue weighted by Crippen LogP contribution is 2.31. The Hall–Kier alpha value is -2.37. The Labute approximate surface area is 174 Å². The van der Waals surface area contributed by atoms with Gasteiger partial charge >= 0.3 is 0 Å². The third-order valence-corrected chi connectivity index (χ3v) is 5.10. The van der Waals surface area contributed by atoms with E-state index in [0.717, 1.165) is 54.4 Å². The number of anilines is 2. The van der Waals surface area contributed by atoms with Crippen molar-refractivity contribution in [2.24, 2.45) is 5.41 Å². The number of carbonyl (C=O) groups is 1. The van der Waals surface area contributed by atoms with Gasteiger partial charge in [0.1, 0.15) is 11.6 Å². The predicted octanol–water partition coefficient (Wildman–Crippen LogP) is 4.74. The zero-order chi connectivity index (χ0) is 21.4. The maximum absolute atomic E-state index is 12.4. The summed E-state index contributed by atoms with van der Waals surface area (Å²) in [5, 5.41) is 3.02. The average Bonchev–Trinajstić information content (AvgIpc) is 3.03. The number of fused-ring (bicyclic) bond motifs is 1. The van der Waals surface area contributed by atoms with E-state index >= 15 is 0 Å². The molecule has 0 aromatic carbocycles. The van der Waals surface area contributed by atoms with Crippen molar-refractivity contribution in [3.63, 3.8) is 0 Å². The molecule has 0 saturated carbocycles. The number of nitrogens with zero attached hydrogens (tertiary/aromatic N) is 3. The smallest absolute Gasteiger partial charge is 0.226 e. The summed E-state index contributed by atoms with van der Waals surface area (Å²) >= 11 is 0. The van der Waals surface area contributed by atoms with Crippen LogP contribution >= 0.6 is 0 Å². The number of rotatable bonds is 4. The van der Waals surface area contributed by atoms with Gasteiger partial charge in [-0.15, -0.1) is 0 Å². The molecule has 2 aromatic rings. The molecule has 1 amide bonds.